The van der Waals surface area contributed by atoms with E-state index in [-0.39, 0.29) is 23.0 Å². The molecule has 378 valence electrons. The Hall–Kier alpha value is -8.36. The molecule has 1 aromatic heterocycles. The van der Waals surface area contributed by atoms with Gasteiger partial charge in [-0.1, -0.05) is 134 Å². The van der Waals surface area contributed by atoms with Crippen LogP contribution in [0.3, 0.4) is 0 Å². The van der Waals surface area contributed by atoms with Crippen molar-refractivity contribution in [2.24, 2.45) is 0 Å². The maximum absolute atomic E-state index is 6.47. The Morgan fingerprint density at radius 3 is 1.81 bits per heavy atom. The van der Waals surface area contributed by atoms with Gasteiger partial charge in [-0.25, -0.2) is 0 Å². The Kier molecular flexibility index (Phi) is 9.75. The van der Waals surface area contributed by atoms with E-state index in [0.29, 0.717) is 26.4 Å². The van der Waals surface area contributed by atoms with Crippen molar-refractivity contribution in [1.29, 1.82) is 0 Å². The zero-order valence-corrected chi connectivity index (χ0v) is 44.9. The molecule has 0 saturated carbocycles. The molecule has 77 heavy (non-hydrogen) atoms. The highest BCUT2D eigenvalue weighted by molar-refractivity contribution is 7.00. The van der Waals surface area contributed by atoms with Gasteiger partial charge in [0.2, 0.25) is 0 Å². The molecule has 10 aromatic rings. The van der Waals surface area contributed by atoms with Crippen LogP contribution >= 0.6 is 0 Å². The van der Waals surface area contributed by atoms with E-state index in [1.807, 2.05) is 12.1 Å². The third kappa shape index (κ3) is 6.96. The maximum Gasteiger partial charge on any atom is 0.252 e. The summed E-state index contributed by atoms with van der Waals surface area (Å²) >= 11 is 0. The van der Waals surface area contributed by atoms with Crippen LogP contribution in [-0.2, 0) is 16.2 Å². The molecule has 0 bridgehead atoms. The summed E-state index contributed by atoms with van der Waals surface area (Å²) in [6, 6.07) is 61.2. The number of fused-ring (bicyclic) bond motifs is 12. The largest absolute Gasteiger partial charge is 0.486 e. The van der Waals surface area contributed by atoms with E-state index in [2.05, 4.69) is 217 Å². The lowest BCUT2D eigenvalue weighted by Gasteiger charge is -2.45. The minimum absolute atomic E-state index is 0.0139. The van der Waals surface area contributed by atoms with Gasteiger partial charge in [-0.15, -0.1) is 0 Å². The fraction of sp³-hybridized carbons (Fsp3) is 0.217. The lowest BCUT2D eigenvalue weighted by atomic mass is 9.33. The highest BCUT2D eigenvalue weighted by Gasteiger charge is 2.46. The van der Waals surface area contributed by atoms with Gasteiger partial charge in [0.05, 0.1) is 5.69 Å². The molecule has 0 fully saturated rings. The number of anilines is 6. The number of hydrogen-bond acceptors (Lipinski definition) is 7. The minimum Gasteiger partial charge on any atom is -0.486 e. The van der Waals surface area contributed by atoms with Crippen molar-refractivity contribution in [1.82, 2.24) is 0 Å². The Morgan fingerprint density at radius 2 is 1.08 bits per heavy atom. The second kappa shape index (κ2) is 16.3. The molecule has 1 aliphatic carbocycles. The minimum atomic E-state index is -0.332. The third-order valence-corrected chi connectivity index (χ3v) is 17.1. The third-order valence-electron chi connectivity index (χ3n) is 17.1. The van der Waals surface area contributed by atoms with Crippen LogP contribution in [0.2, 0.25) is 0 Å². The summed E-state index contributed by atoms with van der Waals surface area (Å²) in [5, 5.41) is 3.54. The number of furan rings is 1. The van der Waals surface area contributed by atoms with Crippen molar-refractivity contribution >= 4 is 79.0 Å². The lowest BCUT2D eigenvalue weighted by Crippen LogP contribution is -2.61. The smallest absolute Gasteiger partial charge is 0.252 e. The first kappa shape index (κ1) is 46.0. The summed E-state index contributed by atoms with van der Waals surface area (Å²) in [6.45, 7) is 20.4. The van der Waals surface area contributed by atoms with Crippen LogP contribution in [0.1, 0.15) is 77.6 Å². The first-order valence-corrected chi connectivity index (χ1v) is 27.2. The van der Waals surface area contributed by atoms with Gasteiger partial charge < -0.3 is 33.2 Å². The number of benzene rings is 9. The Bertz CT molecular complexity index is 4110. The van der Waals surface area contributed by atoms with Crippen molar-refractivity contribution in [3.05, 3.63) is 186 Å². The van der Waals surface area contributed by atoms with Crippen LogP contribution in [-0.4, -0.2) is 33.1 Å². The number of rotatable bonds is 4. The second-order valence-electron chi connectivity index (χ2n) is 24.2. The molecule has 0 amide bonds. The quantitative estimate of drug-likeness (QED) is 0.163. The van der Waals surface area contributed by atoms with Crippen LogP contribution in [0.4, 0.5) is 34.1 Å². The Morgan fingerprint density at radius 1 is 0.455 bits per heavy atom. The van der Waals surface area contributed by atoms with Crippen LogP contribution < -0.4 is 45.1 Å². The average molecular weight is 1010 g/mol. The molecule has 0 spiro atoms. The van der Waals surface area contributed by atoms with Gasteiger partial charge in [0.25, 0.3) is 6.71 Å². The van der Waals surface area contributed by atoms with Gasteiger partial charge >= 0.3 is 0 Å². The van der Waals surface area contributed by atoms with Crippen molar-refractivity contribution in [2.75, 3.05) is 36.2 Å². The standard InChI is InChI=1S/C69H59BN2O5/c1-67(2,3)43-18-21-45(22-19-43)71-55-25-20-44(68(4,5)6)35-53(55)70-54-38-63-64(76-30-29-75-63)39-56(54)72(46-23-26-60-62(36-46)74-28-27-73-60)58-33-42(32-57(71)66(58)70)50-37-52-65(48-15-11-10-14-47(48)50)49-24-17-41(31-51(49)69(52,7)8)61-34-40-13-9-12-16-59(40)77-61/h9-26,31-39H,27-30H2,1-8H3. The van der Waals surface area contributed by atoms with E-state index in [0.717, 1.165) is 90.4 Å². The van der Waals surface area contributed by atoms with Crippen molar-refractivity contribution < 1.29 is 23.4 Å². The van der Waals surface area contributed by atoms with Crippen LogP contribution in [0.5, 0.6) is 23.0 Å². The number of para-hydroxylation sites is 1. The molecule has 15 rings (SSSR count). The fourth-order valence-electron chi connectivity index (χ4n) is 13.1. The molecular formula is C69H59BN2O5. The highest BCUT2D eigenvalue weighted by Crippen LogP contribution is 2.56. The van der Waals surface area contributed by atoms with Gasteiger partial charge in [0.1, 0.15) is 37.8 Å². The molecule has 7 nitrogen and oxygen atoms in total. The molecule has 0 radical (unpaired) electrons. The number of nitrogens with zero attached hydrogens (tertiary/aromatic N) is 2. The summed E-state index contributed by atoms with van der Waals surface area (Å²) in [4.78, 5) is 4.98. The SMILES string of the molecule is CC(C)(C)c1ccc(N2c3ccc(C(C)(C)C)cc3B3c4cc5c(cc4N(c4ccc6c(c4)OCCO6)c4cc(-c6cc7c(c8ccccc68)-c6ccc(-c8cc9ccccc9o8)cc6C7(C)C)cc2c43)OCCO5)cc1. The van der Waals surface area contributed by atoms with Crippen molar-refractivity contribution in [3.63, 3.8) is 0 Å². The monoisotopic (exact) mass is 1010 g/mol. The summed E-state index contributed by atoms with van der Waals surface area (Å²) in [6.07, 6.45) is 0. The fourth-order valence-corrected chi connectivity index (χ4v) is 13.1. The topological polar surface area (TPSA) is 56.5 Å². The molecule has 9 aromatic carbocycles. The van der Waals surface area contributed by atoms with E-state index in [4.69, 9.17) is 23.4 Å². The van der Waals surface area contributed by atoms with Crippen LogP contribution in [0, 0.1) is 0 Å². The molecule has 5 aliphatic rings. The Balaban J connectivity index is 1.02. The first-order valence-electron chi connectivity index (χ1n) is 27.2. The Labute approximate surface area is 450 Å². The maximum atomic E-state index is 6.47. The van der Waals surface area contributed by atoms with Gasteiger partial charge in [-0.05, 0) is 155 Å². The lowest BCUT2D eigenvalue weighted by molar-refractivity contribution is 0.171. The summed E-state index contributed by atoms with van der Waals surface area (Å²) in [5.74, 6) is 3.87. The van der Waals surface area contributed by atoms with Gasteiger partial charge in [-0.2, -0.15) is 0 Å². The van der Waals surface area contributed by atoms with Gasteiger partial charge in [0, 0.05) is 56.9 Å². The first-order chi connectivity index (χ1) is 37.2. The molecule has 0 N–H and O–H groups in total. The zero-order chi connectivity index (χ0) is 52.3. The van der Waals surface area contributed by atoms with Crippen molar-refractivity contribution in [2.45, 2.75) is 71.6 Å². The number of ether oxygens (including phenoxy) is 4. The van der Waals surface area contributed by atoms with E-state index in [1.54, 1.807) is 0 Å². The summed E-state index contributed by atoms with van der Waals surface area (Å²) < 4.78 is 31.9. The highest BCUT2D eigenvalue weighted by atomic mass is 16.6. The van der Waals surface area contributed by atoms with E-state index < -0.39 is 0 Å². The van der Waals surface area contributed by atoms with E-state index >= 15 is 0 Å². The predicted octanol–water partition coefficient (Wildman–Crippen LogP) is 15.4. The normalized spacial score (nSPS) is 15.5. The van der Waals surface area contributed by atoms with Crippen LogP contribution in [0.15, 0.2) is 168 Å². The van der Waals surface area contributed by atoms with Crippen molar-refractivity contribution in [3.8, 4) is 56.6 Å². The molecule has 0 atom stereocenters. The van der Waals surface area contributed by atoms with E-state index in [1.165, 1.54) is 60.6 Å². The summed E-state index contributed by atoms with van der Waals surface area (Å²) in [7, 11) is 0. The summed E-state index contributed by atoms with van der Waals surface area (Å²) in [5.41, 5.74) is 21.7. The van der Waals surface area contributed by atoms with Gasteiger partial charge in [-0.3, -0.25) is 0 Å². The molecule has 4 aliphatic heterocycles. The molecule has 5 heterocycles. The molecule has 0 saturated heterocycles. The average Bonchev–Trinajstić information content (AvgIpc) is 4.18. The molecular weight excluding hydrogens is 948 g/mol. The van der Waals surface area contributed by atoms with Gasteiger partial charge in [0.15, 0.2) is 23.0 Å². The zero-order valence-electron chi connectivity index (χ0n) is 44.9. The molecule has 0 unspecified atom stereocenters. The molecule has 8 heteroatoms. The van der Waals surface area contributed by atoms with Crippen LogP contribution in [0.25, 0.3) is 55.3 Å². The number of hydrogen-bond donors (Lipinski definition) is 0. The van der Waals surface area contributed by atoms with E-state index in [9.17, 15) is 0 Å². The second-order valence-corrected chi connectivity index (χ2v) is 24.2. The predicted molar refractivity (Wildman–Crippen MR) is 316 cm³/mol.